The minimum Gasteiger partial charge on any atom is -0.0915 e. The maximum absolute atomic E-state index is 6.22. The van der Waals surface area contributed by atoms with Gasteiger partial charge in [-0.1, -0.05) is 135 Å². The van der Waals surface area contributed by atoms with Crippen LogP contribution in [0.2, 0.25) is 0 Å². The number of alkyl halides is 10. The number of hydrogen-bond donors (Lipinski definition) is 0. The summed E-state index contributed by atoms with van der Waals surface area (Å²) < 4.78 is -7.77. The van der Waals surface area contributed by atoms with Crippen LogP contribution in [0.1, 0.15) is 23.6 Å². The molecule has 125 valence electrons. The van der Waals surface area contributed by atoms with Crippen molar-refractivity contribution in [3.8, 4) is 0 Å². The fraction of sp³-hybridized carbons (Fsp3) is 0.417. The Hall–Kier alpha value is 2.12. The molecule has 1 radical (unpaired) electrons. The molecule has 1 rings (SSSR count). The van der Waals surface area contributed by atoms with Crippen LogP contribution in [0, 0.1) is 6.42 Å². The Kier molecular flexibility index (Phi) is 7.45. The van der Waals surface area contributed by atoms with E-state index in [9.17, 15) is 0 Å². The average Bonchev–Trinajstić information content (AvgIpc) is 2.35. The van der Waals surface area contributed by atoms with Gasteiger partial charge >= 0.3 is 0 Å². The van der Waals surface area contributed by atoms with Gasteiger partial charge in [-0.2, -0.15) is 0 Å². The van der Waals surface area contributed by atoms with Crippen LogP contribution in [-0.4, -0.2) is 7.59 Å². The van der Waals surface area contributed by atoms with Crippen LogP contribution in [0.25, 0.3) is 0 Å². The molecule has 0 aliphatic heterocycles. The zero-order chi connectivity index (χ0) is 17.6. The largest absolute Gasteiger partial charge is 0.227 e. The van der Waals surface area contributed by atoms with Gasteiger partial charge in [0.1, 0.15) is 0 Å². The highest BCUT2D eigenvalue weighted by molar-refractivity contribution is 6.76. The lowest BCUT2D eigenvalue weighted by Gasteiger charge is -2.32. The summed E-state index contributed by atoms with van der Waals surface area (Å²) in [6.45, 7) is 1.75. The van der Waals surface area contributed by atoms with Gasteiger partial charge in [-0.3, -0.25) is 0 Å². The fourth-order valence-electron chi connectivity index (χ4n) is 1.59. The summed E-state index contributed by atoms with van der Waals surface area (Å²) in [4.78, 5) is 0. The maximum atomic E-state index is 6.22. The number of rotatable bonds is 3. The van der Waals surface area contributed by atoms with Crippen LogP contribution in [0.3, 0.4) is 0 Å². The predicted octanol–water partition coefficient (Wildman–Crippen LogP) is 8.26. The Balaban J connectivity index is 3.57. The molecule has 1 aromatic carbocycles. The first kappa shape index (κ1) is 22.2. The highest BCUT2D eigenvalue weighted by Crippen LogP contribution is 2.57. The number of benzene rings is 1. The third kappa shape index (κ3) is 4.44. The van der Waals surface area contributed by atoms with Gasteiger partial charge in [-0.05, 0) is 29.2 Å². The third-order valence-electron chi connectivity index (χ3n) is 2.78. The summed E-state index contributed by atoms with van der Waals surface area (Å²) in [5, 5.41) is 0. The normalized spacial score (nSPS) is 14.3. The van der Waals surface area contributed by atoms with E-state index in [1.54, 1.807) is 25.5 Å². The molecule has 0 N–H and O–H groups in total. The molecule has 0 saturated carbocycles. The monoisotopic (exact) mass is 501 g/mol. The van der Waals surface area contributed by atoms with E-state index in [1.165, 1.54) is 6.07 Å². The Morgan fingerprint density at radius 3 is 1.55 bits per heavy atom. The molecule has 0 aliphatic rings. The molecule has 1 aromatic rings. The molecule has 0 saturated heterocycles. The Labute approximate surface area is 179 Å². The first-order valence-corrected chi connectivity index (χ1v) is 9.27. The van der Waals surface area contributed by atoms with Crippen LogP contribution in [0.15, 0.2) is 18.2 Å². The Morgan fingerprint density at radius 1 is 0.727 bits per heavy atom. The predicted molar refractivity (Wildman–Crippen MR) is 103 cm³/mol. The van der Waals surface area contributed by atoms with Crippen molar-refractivity contribution in [2.24, 2.45) is 0 Å². The van der Waals surface area contributed by atoms with Crippen molar-refractivity contribution in [2.45, 2.75) is 23.2 Å². The highest BCUT2D eigenvalue weighted by atomic mass is 35.6. The second kappa shape index (κ2) is 7.39. The van der Waals surface area contributed by atoms with Gasteiger partial charge in [0.25, 0.3) is 0 Å². The molecular weight excluding hydrogens is 499 g/mol. The maximum Gasteiger partial charge on any atom is 0.227 e. The van der Waals surface area contributed by atoms with Crippen molar-refractivity contribution in [2.75, 3.05) is 0 Å². The van der Waals surface area contributed by atoms with E-state index in [0.29, 0.717) is 5.56 Å². The number of hydrogen-bond acceptors (Lipinski definition) is 0. The van der Waals surface area contributed by atoms with Crippen LogP contribution in [-0.2, 0) is 8.67 Å². The molecule has 0 spiro atoms. The second-order valence-corrected chi connectivity index (χ2v) is 11.5. The molecule has 0 aliphatic carbocycles. The van der Waals surface area contributed by atoms with Crippen LogP contribution >= 0.6 is 116 Å². The van der Waals surface area contributed by atoms with Gasteiger partial charge in [-0.25, -0.2) is 0 Å². The molecule has 0 atom stereocenters. The smallest absolute Gasteiger partial charge is 0.0915 e. The van der Waals surface area contributed by atoms with Gasteiger partial charge in [0.05, 0.1) is 0 Å². The lowest BCUT2D eigenvalue weighted by molar-refractivity contribution is 0.839. The van der Waals surface area contributed by atoms with E-state index in [2.05, 4.69) is 0 Å². The third-order valence-corrected chi connectivity index (χ3v) is 7.62. The van der Waals surface area contributed by atoms with E-state index in [4.69, 9.17) is 116 Å². The molecule has 0 fully saturated rings. The summed E-state index contributed by atoms with van der Waals surface area (Å²) in [6, 6.07) is 4.61. The molecule has 0 amide bonds. The van der Waals surface area contributed by atoms with Crippen molar-refractivity contribution in [1.29, 1.82) is 0 Å². The molecule has 0 aromatic heterocycles. The minimum atomic E-state index is -2.02. The van der Waals surface area contributed by atoms with Crippen molar-refractivity contribution in [3.05, 3.63) is 41.3 Å². The van der Waals surface area contributed by atoms with Crippen molar-refractivity contribution in [3.63, 3.8) is 0 Å². The van der Waals surface area contributed by atoms with Crippen LogP contribution in [0.5, 0.6) is 0 Å². The van der Waals surface area contributed by atoms with Crippen molar-refractivity contribution in [1.82, 2.24) is 0 Å². The summed E-state index contributed by atoms with van der Waals surface area (Å²) in [5.74, 6) is 0. The van der Waals surface area contributed by atoms with E-state index in [-0.39, 0.29) is 11.1 Å². The summed E-state index contributed by atoms with van der Waals surface area (Å²) in [5.41, 5.74) is 1.10. The van der Waals surface area contributed by atoms with Crippen LogP contribution < -0.4 is 0 Å². The average molecular weight is 506 g/mol. The number of halogens is 10. The molecule has 0 heterocycles. The topological polar surface area (TPSA) is 0 Å². The first-order valence-electron chi connectivity index (χ1n) is 5.49. The van der Waals surface area contributed by atoms with Crippen molar-refractivity contribution < 1.29 is 0 Å². The quantitative estimate of drug-likeness (QED) is 0.363. The Morgan fingerprint density at radius 2 is 1.18 bits per heavy atom. The zero-order valence-corrected chi connectivity index (χ0v) is 18.1. The molecule has 0 unspecified atom stereocenters. The van der Waals surface area contributed by atoms with E-state index in [1.807, 2.05) is 0 Å². The van der Waals surface area contributed by atoms with Gasteiger partial charge in [0, 0.05) is 0 Å². The van der Waals surface area contributed by atoms with Crippen LogP contribution in [0.4, 0.5) is 0 Å². The van der Waals surface area contributed by atoms with E-state index in [0.717, 1.165) is 0 Å². The first-order chi connectivity index (χ1) is 9.66. The standard InChI is InChI=1S/C12H7Cl10/c1-2-6-3-4-7(9(13,14)11(17,18)19)5-8(6)10(15,16)12(20,21)22/h2-5H,1H3. The molecular formula is C12H7Cl10. The van der Waals surface area contributed by atoms with Gasteiger partial charge in [0.15, 0.2) is 8.67 Å². The summed E-state index contributed by atoms with van der Waals surface area (Å²) >= 11 is 59.7. The lowest BCUT2D eigenvalue weighted by Crippen LogP contribution is -2.32. The minimum absolute atomic E-state index is 0.233. The van der Waals surface area contributed by atoms with Gasteiger partial charge < -0.3 is 0 Å². The Bertz CT molecular complexity index is 538. The van der Waals surface area contributed by atoms with E-state index >= 15 is 0 Å². The molecule has 10 heteroatoms. The molecule has 0 nitrogen and oxygen atoms in total. The zero-order valence-electron chi connectivity index (χ0n) is 10.6. The summed E-state index contributed by atoms with van der Waals surface area (Å²) in [7, 11) is 0. The lowest BCUT2D eigenvalue weighted by atomic mass is 9.98. The van der Waals surface area contributed by atoms with E-state index < -0.39 is 16.3 Å². The van der Waals surface area contributed by atoms with Gasteiger partial charge in [0.2, 0.25) is 7.59 Å². The SMILES string of the molecule is C[CH]c1ccc(C(Cl)(Cl)C(Cl)(Cl)Cl)cc1C(Cl)(Cl)C(Cl)(Cl)Cl. The van der Waals surface area contributed by atoms with Gasteiger partial charge in [-0.15, -0.1) is 0 Å². The summed E-state index contributed by atoms with van der Waals surface area (Å²) in [6.07, 6.45) is 1.72. The highest BCUT2D eigenvalue weighted by Gasteiger charge is 2.51. The second-order valence-electron chi connectivity index (χ2n) is 4.24. The van der Waals surface area contributed by atoms with Crippen molar-refractivity contribution >= 4 is 116 Å². The molecule has 0 bridgehead atoms. The molecule has 22 heavy (non-hydrogen) atoms. The fourth-order valence-corrected chi connectivity index (χ4v) is 2.79.